The van der Waals surface area contributed by atoms with Crippen LogP contribution in [0.15, 0.2) is 0 Å². The number of nitrogens with two attached hydrogens (primary N) is 2. The summed E-state index contributed by atoms with van der Waals surface area (Å²) in [5.41, 5.74) is 8.50. The predicted molar refractivity (Wildman–Crippen MR) is 34.2 cm³/mol. The first-order chi connectivity index (χ1) is 4.37. The largest absolute Gasteiger partial charge is 1.00 e. The minimum Gasteiger partial charge on any atom is -1.00 e. The number of carboxylic acid groups (broad SMARTS) is 1. The van der Waals surface area contributed by atoms with E-state index >= 15 is 0 Å². The molecule has 1 unspecified atom stereocenters. The molecular formula is C4H11N2NaO4. The first kappa shape index (κ1) is 17.0. The Morgan fingerprint density at radius 1 is 1.45 bits per heavy atom. The molecule has 0 bridgehead atoms. The zero-order chi connectivity index (χ0) is 8.73. The van der Waals surface area contributed by atoms with Gasteiger partial charge in [-0.15, -0.1) is 0 Å². The Labute approximate surface area is 87.3 Å². The van der Waals surface area contributed by atoms with Crippen LogP contribution in [0.25, 0.3) is 0 Å². The van der Waals surface area contributed by atoms with Crippen LogP contribution < -0.4 is 41.0 Å². The van der Waals surface area contributed by atoms with Gasteiger partial charge in [-0.25, -0.2) is 9.59 Å². The summed E-state index contributed by atoms with van der Waals surface area (Å²) in [7, 11) is 0. The van der Waals surface area contributed by atoms with Gasteiger partial charge in [-0.1, -0.05) is 0 Å². The van der Waals surface area contributed by atoms with Gasteiger partial charge >= 0.3 is 41.6 Å². The molecule has 2 amide bonds. The van der Waals surface area contributed by atoms with Crippen LogP contribution in [-0.4, -0.2) is 28.3 Å². The molecule has 1 atom stereocenters. The van der Waals surface area contributed by atoms with Crippen molar-refractivity contribution in [3.8, 4) is 0 Å². The van der Waals surface area contributed by atoms with Crippen LogP contribution in [-0.2, 0) is 4.79 Å². The molecule has 0 aliphatic heterocycles. The molecule has 0 saturated heterocycles. The van der Waals surface area contributed by atoms with Gasteiger partial charge in [-0.05, 0) is 6.92 Å². The number of carbonyl (C=O) groups excluding carboxylic acids is 1. The summed E-state index contributed by atoms with van der Waals surface area (Å²) in [6.07, 6.45) is -1.23. The maximum Gasteiger partial charge on any atom is 1.00 e. The van der Waals surface area contributed by atoms with Crippen LogP contribution in [0.1, 0.15) is 8.35 Å². The van der Waals surface area contributed by atoms with Crippen LogP contribution in [0.3, 0.4) is 0 Å². The molecular weight excluding hydrogens is 163 g/mol. The average molecular weight is 174 g/mol. The van der Waals surface area contributed by atoms with Crippen molar-refractivity contribution in [3.63, 3.8) is 0 Å². The number of aliphatic hydroxyl groups excluding tert-OH is 1. The zero-order valence-corrected chi connectivity index (χ0v) is 8.44. The summed E-state index contributed by atoms with van der Waals surface area (Å²) in [4.78, 5) is 18.4. The second-order valence-corrected chi connectivity index (χ2v) is 1.42. The third kappa shape index (κ3) is 42.0. The van der Waals surface area contributed by atoms with Gasteiger partial charge in [0.1, 0.15) is 6.10 Å². The van der Waals surface area contributed by atoms with Crippen molar-refractivity contribution in [2.45, 2.75) is 13.0 Å². The van der Waals surface area contributed by atoms with E-state index in [1.165, 1.54) is 6.92 Å². The van der Waals surface area contributed by atoms with Gasteiger partial charge in [0, 0.05) is 0 Å². The van der Waals surface area contributed by atoms with Crippen LogP contribution in [0.5, 0.6) is 0 Å². The Hall–Kier alpha value is -0.300. The SMILES string of the molecule is CC(O)C(=O)O.NC(N)=O.[H-].[Na+]. The number of hydrogen-bond donors (Lipinski definition) is 4. The van der Waals surface area contributed by atoms with Gasteiger partial charge in [0.25, 0.3) is 0 Å². The normalized spacial score (nSPS) is 9.64. The van der Waals surface area contributed by atoms with E-state index in [0.717, 1.165) is 0 Å². The quantitative estimate of drug-likeness (QED) is 0.299. The Kier molecular flexibility index (Phi) is 15.0. The maximum absolute atomic E-state index is 9.45. The van der Waals surface area contributed by atoms with E-state index in [1.54, 1.807) is 0 Å². The van der Waals surface area contributed by atoms with Gasteiger partial charge in [0.05, 0.1) is 0 Å². The Bertz CT molecular complexity index is 128. The third-order valence-electron chi connectivity index (χ3n) is 0.357. The van der Waals surface area contributed by atoms with E-state index in [1.807, 2.05) is 0 Å². The molecule has 6 nitrogen and oxygen atoms in total. The van der Waals surface area contributed by atoms with E-state index < -0.39 is 18.1 Å². The zero-order valence-electron chi connectivity index (χ0n) is 7.44. The number of carbonyl (C=O) groups is 2. The van der Waals surface area contributed by atoms with Crippen LogP contribution in [0.4, 0.5) is 4.79 Å². The van der Waals surface area contributed by atoms with Crippen molar-refractivity contribution in [2.75, 3.05) is 0 Å². The maximum atomic E-state index is 9.45. The first-order valence-corrected chi connectivity index (χ1v) is 2.33. The molecule has 0 radical (unpaired) electrons. The van der Waals surface area contributed by atoms with Crippen LogP contribution in [0, 0.1) is 0 Å². The number of aliphatic carboxylic acids is 1. The number of hydrogen-bond acceptors (Lipinski definition) is 3. The van der Waals surface area contributed by atoms with E-state index in [2.05, 4.69) is 11.5 Å². The molecule has 0 aliphatic rings. The molecule has 6 N–H and O–H groups in total. The Morgan fingerprint density at radius 2 is 1.55 bits per heavy atom. The minimum absolute atomic E-state index is 0. The number of primary amides is 2. The molecule has 0 rings (SSSR count). The second-order valence-electron chi connectivity index (χ2n) is 1.42. The van der Waals surface area contributed by atoms with Crippen LogP contribution >= 0.6 is 0 Å². The van der Waals surface area contributed by atoms with E-state index in [-0.39, 0.29) is 31.0 Å². The first-order valence-electron chi connectivity index (χ1n) is 2.33. The molecule has 0 aromatic heterocycles. The van der Waals surface area contributed by atoms with E-state index in [9.17, 15) is 4.79 Å². The van der Waals surface area contributed by atoms with Gasteiger partial charge in [0.15, 0.2) is 0 Å². The average Bonchev–Trinajstić information content (AvgIpc) is 1.63. The van der Waals surface area contributed by atoms with Crippen molar-refractivity contribution in [1.82, 2.24) is 0 Å². The van der Waals surface area contributed by atoms with Crippen LogP contribution in [0.2, 0.25) is 0 Å². The number of rotatable bonds is 1. The summed E-state index contributed by atoms with van der Waals surface area (Å²) >= 11 is 0. The fourth-order valence-electron chi connectivity index (χ4n) is 0. The number of aliphatic hydroxyl groups is 1. The van der Waals surface area contributed by atoms with E-state index in [4.69, 9.17) is 15.0 Å². The molecule has 7 heteroatoms. The Morgan fingerprint density at radius 3 is 1.55 bits per heavy atom. The molecule has 0 saturated carbocycles. The van der Waals surface area contributed by atoms with Crippen molar-refractivity contribution in [1.29, 1.82) is 0 Å². The number of amides is 2. The summed E-state index contributed by atoms with van der Waals surface area (Å²) in [5, 5.41) is 15.8. The molecule has 11 heavy (non-hydrogen) atoms. The molecule has 62 valence electrons. The molecule has 0 fully saturated rings. The summed E-state index contributed by atoms with van der Waals surface area (Å²) in [5.74, 6) is -1.19. The Balaban J connectivity index is -0.0000000483. The fraction of sp³-hybridized carbons (Fsp3) is 0.500. The van der Waals surface area contributed by atoms with Crippen molar-refractivity contribution in [2.24, 2.45) is 11.5 Å². The monoisotopic (exact) mass is 174 g/mol. The number of carboxylic acids is 1. The van der Waals surface area contributed by atoms with Crippen molar-refractivity contribution in [3.05, 3.63) is 0 Å². The molecule has 0 aromatic carbocycles. The van der Waals surface area contributed by atoms with Crippen molar-refractivity contribution < 1.29 is 50.8 Å². The van der Waals surface area contributed by atoms with Gasteiger partial charge in [-0.3, -0.25) is 0 Å². The van der Waals surface area contributed by atoms with Gasteiger partial charge in [0.2, 0.25) is 0 Å². The standard InChI is InChI=1S/C3H6O3.CH4N2O.Na.H/c1-2(4)3(5)6;2-1(3)4;;/h2,4H,1H3,(H,5,6);(H4,2,3,4);;/q;;+1;-1. The summed E-state index contributed by atoms with van der Waals surface area (Å²) in [6.45, 7) is 1.20. The third-order valence-corrected chi connectivity index (χ3v) is 0.357. The molecule has 0 heterocycles. The minimum atomic E-state index is -1.23. The van der Waals surface area contributed by atoms with Gasteiger partial charge in [-0.2, -0.15) is 0 Å². The molecule has 0 spiro atoms. The molecule has 0 aromatic rings. The number of urea groups is 1. The second kappa shape index (κ2) is 9.70. The summed E-state index contributed by atoms with van der Waals surface area (Å²) < 4.78 is 0. The topological polar surface area (TPSA) is 127 Å². The predicted octanol–water partition coefficient (Wildman–Crippen LogP) is -4.41. The fourth-order valence-corrected chi connectivity index (χ4v) is 0. The van der Waals surface area contributed by atoms with E-state index in [0.29, 0.717) is 0 Å². The van der Waals surface area contributed by atoms with Gasteiger partial charge < -0.3 is 23.1 Å². The molecule has 0 aliphatic carbocycles. The summed E-state index contributed by atoms with van der Waals surface area (Å²) in [6, 6.07) is -0.833. The van der Waals surface area contributed by atoms with Crippen molar-refractivity contribution >= 4 is 12.0 Å². The smallest absolute Gasteiger partial charge is 1.00 e.